The standard InChI is InChI=1S/C31H38ClN3O6S/c1-5-7-19-33-31(37)23(3)34(21-24-9-8-10-28(20-24)40-4)30(36)22-35(26-13-15-27(16-14-26)41-6-2)42(38,39)29-17-11-25(32)12-18-29/h8-18,20,23H,5-7,19,21-22H2,1-4H3,(H,33,37)/t23-/m1/s1. The Hall–Kier alpha value is -3.76. The van der Waals surface area contributed by atoms with Gasteiger partial charge in [-0.25, -0.2) is 8.42 Å². The van der Waals surface area contributed by atoms with Gasteiger partial charge in [0.05, 0.1) is 24.3 Å². The maximum Gasteiger partial charge on any atom is 0.264 e. The maximum absolute atomic E-state index is 14.0. The van der Waals surface area contributed by atoms with Crippen molar-refractivity contribution in [2.45, 2.75) is 51.1 Å². The fraction of sp³-hybridized carbons (Fsp3) is 0.355. The molecule has 0 aliphatic heterocycles. The predicted molar refractivity (Wildman–Crippen MR) is 165 cm³/mol. The third-order valence-corrected chi connectivity index (χ3v) is 8.64. The van der Waals surface area contributed by atoms with Crippen LogP contribution in [-0.2, 0) is 26.2 Å². The van der Waals surface area contributed by atoms with E-state index in [-0.39, 0.29) is 23.0 Å². The van der Waals surface area contributed by atoms with Crippen molar-refractivity contribution in [1.82, 2.24) is 10.2 Å². The molecule has 0 aliphatic carbocycles. The largest absolute Gasteiger partial charge is 0.497 e. The lowest BCUT2D eigenvalue weighted by molar-refractivity contribution is -0.139. The molecule has 0 radical (unpaired) electrons. The first-order chi connectivity index (χ1) is 20.1. The first kappa shape index (κ1) is 32.8. The predicted octanol–water partition coefficient (Wildman–Crippen LogP) is 5.28. The second-order valence-corrected chi connectivity index (χ2v) is 11.9. The number of anilines is 1. The van der Waals surface area contributed by atoms with Crippen LogP contribution in [0.3, 0.4) is 0 Å². The SMILES string of the molecule is CCCCNC(=O)[C@@H](C)N(Cc1cccc(OC)c1)C(=O)CN(c1ccc(OCC)cc1)S(=O)(=O)c1ccc(Cl)cc1. The van der Waals surface area contributed by atoms with Crippen LogP contribution in [0.5, 0.6) is 11.5 Å². The molecule has 0 fully saturated rings. The number of amides is 2. The fourth-order valence-corrected chi connectivity index (χ4v) is 5.76. The monoisotopic (exact) mass is 615 g/mol. The third-order valence-electron chi connectivity index (χ3n) is 6.60. The summed E-state index contributed by atoms with van der Waals surface area (Å²) in [5.41, 5.74) is 0.993. The van der Waals surface area contributed by atoms with Crippen molar-refractivity contribution in [2.24, 2.45) is 0 Å². The summed E-state index contributed by atoms with van der Waals surface area (Å²) >= 11 is 6.01. The highest BCUT2D eigenvalue weighted by molar-refractivity contribution is 7.92. The van der Waals surface area contributed by atoms with E-state index in [0.717, 1.165) is 22.7 Å². The Morgan fingerprint density at radius 1 is 0.976 bits per heavy atom. The number of hydrogen-bond donors (Lipinski definition) is 1. The van der Waals surface area contributed by atoms with Gasteiger partial charge in [-0.15, -0.1) is 0 Å². The Bertz CT molecular complexity index is 1430. The van der Waals surface area contributed by atoms with Crippen LogP contribution >= 0.6 is 11.6 Å². The van der Waals surface area contributed by atoms with Gasteiger partial charge in [0.1, 0.15) is 24.1 Å². The van der Waals surface area contributed by atoms with Gasteiger partial charge in [0.2, 0.25) is 11.8 Å². The number of carbonyl (C=O) groups is 2. The molecule has 0 aromatic heterocycles. The normalized spacial score (nSPS) is 11.8. The van der Waals surface area contributed by atoms with Gasteiger partial charge < -0.3 is 19.7 Å². The lowest BCUT2D eigenvalue weighted by Crippen LogP contribution is -2.51. The van der Waals surface area contributed by atoms with Gasteiger partial charge in [0.15, 0.2) is 0 Å². The van der Waals surface area contributed by atoms with Gasteiger partial charge in [-0.1, -0.05) is 37.1 Å². The minimum atomic E-state index is -4.21. The van der Waals surface area contributed by atoms with Crippen molar-refractivity contribution in [3.8, 4) is 11.5 Å². The molecule has 0 spiro atoms. The first-order valence-corrected chi connectivity index (χ1v) is 15.6. The second-order valence-electron chi connectivity index (χ2n) is 9.59. The number of ether oxygens (including phenoxy) is 2. The molecular weight excluding hydrogens is 578 g/mol. The van der Waals surface area contributed by atoms with Gasteiger partial charge in [-0.3, -0.25) is 13.9 Å². The molecule has 1 atom stereocenters. The smallest absolute Gasteiger partial charge is 0.264 e. The lowest BCUT2D eigenvalue weighted by Gasteiger charge is -2.32. The maximum atomic E-state index is 14.0. The number of halogens is 1. The molecule has 0 bridgehead atoms. The lowest BCUT2D eigenvalue weighted by atomic mass is 10.1. The van der Waals surface area contributed by atoms with Gasteiger partial charge in [-0.05, 0) is 86.5 Å². The fourth-order valence-electron chi connectivity index (χ4n) is 4.22. The molecule has 1 N–H and O–H groups in total. The molecule has 2 amide bonds. The summed E-state index contributed by atoms with van der Waals surface area (Å²) in [6, 6.07) is 18.5. The van der Waals surface area contributed by atoms with Gasteiger partial charge >= 0.3 is 0 Å². The second kappa shape index (κ2) is 15.5. The van der Waals surface area contributed by atoms with E-state index in [2.05, 4.69) is 5.32 Å². The third kappa shape index (κ3) is 8.62. The summed E-state index contributed by atoms with van der Waals surface area (Å²) in [5, 5.41) is 3.26. The number of methoxy groups -OCH3 is 1. The quantitative estimate of drug-likeness (QED) is 0.233. The molecule has 3 aromatic rings. The van der Waals surface area contributed by atoms with Crippen molar-refractivity contribution >= 4 is 39.1 Å². The van der Waals surface area contributed by atoms with Crippen LogP contribution in [0.25, 0.3) is 0 Å². The molecule has 3 rings (SSSR count). The van der Waals surface area contributed by atoms with E-state index in [1.54, 1.807) is 56.5 Å². The van der Waals surface area contributed by atoms with Crippen LogP contribution in [-0.4, -0.2) is 58.0 Å². The topological polar surface area (TPSA) is 105 Å². The molecule has 11 heteroatoms. The first-order valence-electron chi connectivity index (χ1n) is 13.8. The molecule has 0 unspecified atom stereocenters. The van der Waals surface area contributed by atoms with E-state index < -0.39 is 28.5 Å². The number of nitrogens with zero attached hydrogens (tertiary/aromatic N) is 2. The van der Waals surface area contributed by atoms with Crippen LogP contribution in [0.15, 0.2) is 77.7 Å². The summed E-state index contributed by atoms with van der Waals surface area (Å²) in [5.74, 6) is 0.282. The van der Waals surface area contributed by atoms with Crippen LogP contribution < -0.4 is 19.1 Å². The number of sulfonamides is 1. The Morgan fingerprint density at radius 3 is 2.29 bits per heavy atom. The molecule has 42 heavy (non-hydrogen) atoms. The van der Waals surface area contributed by atoms with Crippen molar-refractivity contribution in [1.29, 1.82) is 0 Å². The summed E-state index contributed by atoms with van der Waals surface area (Å²) in [4.78, 5) is 28.5. The van der Waals surface area contributed by atoms with Crippen molar-refractivity contribution < 1.29 is 27.5 Å². The van der Waals surface area contributed by atoms with Crippen LogP contribution in [0, 0.1) is 0 Å². The summed E-state index contributed by atoms with van der Waals surface area (Å²) in [7, 11) is -2.66. The number of carbonyl (C=O) groups excluding carboxylic acids is 2. The Balaban J connectivity index is 2.01. The Labute approximate surface area is 253 Å². The van der Waals surface area contributed by atoms with Gasteiger partial charge in [0, 0.05) is 18.1 Å². The number of rotatable bonds is 15. The van der Waals surface area contributed by atoms with Crippen molar-refractivity contribution in [2.75, 3.05) is 31.1 Å². The number of hydrogen-bond acceptors (Lipinski definition) is 6. The Kier molecular flexibility index (Phi) is 12.1. The number of unbranched alkanes of at least 4 members (excludes halogenated alkanes) is 1. The van der Waals surface area contributed by atoms with E-state index in [1.165, 1.54) is 29.2 Å². The molecular formula is C31H38ClN3O6S. The summed E-state index contributed by atoms with van der Waals surface area (Å²) in [6.07, 6.45) is 1.70. The highest BCUT2D eigenvalue weighted by Gasteiger charge is 2.32. The van der Waals surface area contributed by atoms with E-state index in [9.17, 15) is 18.0 Å². The van der Waals surface area contributed by atoms with E-state index in [0.29, 0.717) is 29.7 Å². The van der Waals surface area contributed by atoms with Gasteiger partial charge in [-0.2, -0.15) is 0 Å². The van der Waals surface area contributed by atoms with Crippen LogP contribution in [0.4, 0.5) is 5.69 Å². The van der Waals surface area contributed by atoms with E-state index in [4.69, 9.17) is 21.1 Å². The summed E-state index contributed by atoms with van der Waals surface area (Å²) < 4.78 is 39.7. The van der Waals surface area contributed by atoms with Crippen molar-refractivity contribution in [3.63, 3.8) is 0 Å². The Morgan fingerprint density at radius 2 is 1.67 bits per heavy atom. The zero-order chi connectivity index (χ0) is 30.7. The zero-order valence-corrected chi connectivity index (χ0v) is 26.0. The van der Waals surface area contributed by atoms with Gasteiger partial charge in [0.25, 0.3) is 10.0 Å². The average Bonchev–Trinajstić information content (AvgIpc) is 2.99. The van der Waals surface area contributed by atoms with Crippen LogP contribution in [0.2, 0.25) is 5.02 Å². The molecule has 0 saturated carbocycles. The minimum absolute atomic E-state index is 0.0294. The molecule has 0 heterocycles. The minimum Gasteiger partial charge on any atom is -0.497 e. The number of benzene rings is 3. The molecule has 226 valence electrons. The molecule has 0 aliphatic rings. The zero-order valence-electron chi connectivity index (χ0n) is 24.4. The highest BCUT2D eigenvalue weighted by Crippen LogP contribution is 2.27. The van der Waals surface area contributed by atoms with E-state index >= 15 is 0 Å². The number of nitrogens with one attached hydrogen (secondary N) is 1. The van der Waals surface area contributed by atoms with E-state index in [1.807, 2.05) is 19.9 Å². The molecule has 0 saturated heterocycles. The van der Waals surface area contributed by atoms with Crippen LogP contribution in [0.1, 0.15) is 39.2 Å². The highest BCUT2D eigenvalue weighted by atomic mass is 35.5. The van der Waals surface area contributed by atoms with Crippen molar-refractivity contribution in [3.05, 3.63) is 83.4 Å². The molecule has 3 aromatic carbocycles. The summed E-state index contributed by atoms with van der Waals surface area (Å²) in [6.45, 7) is 5.94. The molecule has 9 nitrogen and oxygen atoms in total. The average molecular weight is 616 g/mol.